The van der Waals surface area contributed by atoms with E-state index in [2.05, 4.69) is 5.32 Å². The number of aromatic hydroxyl groups is 1. The molecule has 1 unspecified atom stereocenters. The highest BCUT2D eigenvalue weighted by atomic mass is 16.5. The van der Waals surface area contributed by atoms with Crippen LogP contribution in [0.15, 0.2) is 36.4 Å². The number of hydrogen-bond acceptors (Lipinski definition) is 5. The molecule has 2 aliphatic rings. The summed E-state index contributed by atoms with van der Waals surface area (Å²) >= 11 is 0. The number of carbonyl (C=O) groups excluding carboxylic acids is 1. The third-order valence-corrected chi connectivity index (χ3v) is 4.90. The van der Waals surface area contributed by atoms with Crippen molar-refractivity contribution >= 4 is 23.7 Å². The Bertz CT molecular complexity index is 987. The molecule has 9 heteroatoms. The third kappa shape index (κ3) is 2.96. The second kappa shape index (κ2) is 6.45. The number of carboxylic acid groups (broad SMARTS) is 2. The number of hydrogen-bond donors (Lipinski definition) is 4. The van der Waals surface area contributed by atoms with Gasteiger partial charge in [0.2, 0.25) is 6.10 Å². The number of phenols is 1. The van der Waals surface area contributed by atoms with Gasteiger partial charge >= 0.3 is 12.1 Å². The summed E-state index contributed by atoms with van der Waals surface area (Å²) in [6.07, 6.45) is -2.23. The van der Waals surface area contributed by atoms with Crippen molar-refractivity contribution in [1.29, 1.82) is 0 Å². The minimum Gasteiger partial charge on any atom is -0.508 e. The lowest BCUT2D eigenvalue weighted by molar-refractivity contribution is -0.143. The summed E-state index contributed by atoms with van der Waals surface area (Å²) in [6.45, 7) is -0.0872. The van der Waals surface area contributed by atoms with Gasteiger partial charge in [0.1, 0.15) is 17.5 Å². The first-order chi connectivity index (χ1) is 13.3. The van der Waals surface area contributed by atoms with Gasteiger partial charge in [0.05, 0.1) is 12.2 Å². The second-order valence-electron chi connectivity index (χ2n) is 6.66. The highest BCUT2D eigenvalue weighted by Gasteiger charge is 2.37. The number of nitrogens with one attached hydrogen (secondary N) is 1. The van der Waals surface area contributed by atoms with Crippen LogP contribution in [0.3, 0.4) is 0 Å². The molecule has 2 aromatic carbocycles. The van der Waals surface area contributed by atoms with Gasteiger partial charge in [-0.15, -0.1) is 0 Å². The van der Waals surface area contributed by atoms with E-state index in [0.29, 0.717) is 28.1 Å². The fourth-order valence-electron chi connectivity index (χ4n) is 3.48. The largest absolute Gasteiger partial charge is 0.508 e. The van der Waals surface area contributed by atoms with Gasteiger partial charge in [-0.3, -0.25) is 9.69 Å². The maximum absolute atomic E-state index is 12.4. The van der Waals surface area contributed by atoms with Gasteiger partial charge in [0.15, 0.2) is 0 Å². The second-order valence-corrected chi connectivity index (χ2v) is 6.66. The van der Waals surface area contributed by atoms with Crippen molar-refractivity contribution in [1.82, 2.24) is 4.90 Å². The normalized spacial score (nSPS) is 20.4. The van der Waals surface area contributed by atoms with Crippen LogP contribution in [0.25, 0.3) is 0 Å². The zero-order valence-electron chi connectivity index (χ0n) is 14.5. The standard InChI is InChI=1S/C19H16N2O7/c22-12-3-1-9(2-4-12)16-17(23)20-13-5-10-6-14(18(24)25)21(19(26)27)8-11(10)7-15(13)28-16/h1-5,7,14,16,22H,6,8H2,(H,20,23)(H,24,25)(H,26,27)/t14?,16-/m0/s1. The molecule has 0 bridgehead atoms. The summed E-state index contributed by atoms with van der Waals surface area (Å²) in [7, 11) is 0. The van der Waals surface area contributed by atoms with Gasteiger partial charge < -0.3 is 25.4 Å². The zero-order chi connectivity index (χ0) is 20.0. The van der Waals surface area contributed by atoms with Crippen LogP contribution in [-0.4, -0.2) is 44.2 Å². The predicted molar refractivity (Wildman–Crippen MR) is 95.2 cm³/mol. The molecule has 0 aromatic heterocycles. The Hall–Kier alpha value is -3.75. The number of carbonyl (C=O) groups is 3. The van der Waals surface area contributed by atoms with Gasteiger partial charge in [0.25, 0.3) is 5.91 Å². The average Bonchev–Trinajstić information content (AvgIpc) is 2.65. The molecule has 28 heavy (non-hydrogen) atoms. The minimum atomic E-state index is -1.31. The number of anilines is 1. The molecule has 2 amide bonds. The van der Waals surface area contributed by atoms with Crippen LogP contribution in [0.1, 0.15) is 22.8 Å². The summed E-state index contributed by atoms with van der Waals surface area (Å²) in [6, 6.07) is 8.12. The number of fused-ring (bicyclic) bond motifs is 2. The number of rotatable bonds is 2. The van der Waals surface area contributed by atoms with Crippen LogP contribution in [0, 0.1) is 0 Å². The SMILES string of the molecule is O=C(O)C1Cc2cc3c(cc2CN1C(=O)O)O[C@@H](c1ccc(O)cc1)C(=O)N3. The molecule has 4 N–H and O–H groups in total. The van der Waals surface area contributed by atoms with Crippen molar-refractivity contribution in [2.45, 2.75) is 25.1 Å². The van der Waals surface area contributed by atoms with E-state index in [-0.39, 0.29) is 18.7 Å². The number of carboxylic acids is 1. The van der Waals surface area contributed by atoms with Crippen LogP contribution in [0.4, 0.5) is 10.5 Å². The number of benzene rings is 2. The van der Waals surface area contributed by atoms with Crippen molar-refractivity contribution in [2.75, 3.05) is 5.32 Å². The molecule has 2 atom stereocenters. The van der Waals surface area contributed by atoms with E-state index in [1.54, 1.807) is 24.3 Å². The molecule has 2 heterocycles. The van der Waals surface area contributed by atoms with Gasteiger partial charge in [-0.2, -0.15) is 0 Å². The molecule has 2 aliphatic heterocycles. The predicted octanol–water partition coefficient (Wildman–Crippen LogP) is 1.95. The van der Waals surface area contributed by atoms with Crippen LogP contribution in [0.5, 0.6) is 11.5 Å². The maximum atomic E-state index is 12.4. The summed E-state index contributed by atoms with van der Waals surface area (Å²) in [4.78, 5) is 36.2. The lowest BCUT2D eigenvalue weighted by Gasteiger charge is -2.34. The molecule has 0 fully saturated rings. The van der Waals surface area contributed by atoms with Gasteiger partial charge in [-0.05, 0) is 35.4 Å². The topological polar surface area (TPSA) is 136 Å². The molecule has 0 saturated carbocycles. The molecular formula is C19H16N2O7. The summed E-state index contributed by atoms with van der Waals surface area (Å²) in [5.41, 5.74) is 2.23. The fourth-order valence-corrected chi connectivity index (χ4v) is 3.48. The van der Waals surface area contributed by atoms with Crippen LogP contribution in [0.2, 0.25) is 0 Å². The Labute approximate surface area is 158 Å². The quantitative estimate of drug-likeness (QED) is 0.621. The summed E-state index contributed by atoms with van der Waals surface area (Å²) < 4.78 is 5.83. The Morgan fingerprint density at radius 1 is 1.11 bits per heavy atom. The number of aliphatic carboxylic acids is 1. The first-order valence-corrected chi connectivity index (χ1v) is 8.48. The molecule has 144 valence electrons. The maximum Gasteiger partial charge on any atom is 0.408 e. The highest BCUT2D eigenvalue weighted by molar-refractivity contribution is 5.98. The van der Waals surface area contributed by atoms with E-state index in [4.69, 9.17) is 4.74 Å². The van der Waals surface area contributed by atoms with Crippen molar-refractivity contribution in [3.8, 4) is 11.5 Å². The van der Waals surface area contributed by atoms with Crippen molar-refractivity contribution in [3.05, 3.63) is 53.1 Å². The molecule has 2 aromatic rings. The van der Waals surface area contributed by atoms with Crippen molar-refractivity contribution in [2.24, 2.45) is 0 Å². The average molecular weight is 384 g/mol. The Morgan fingerprint density at radius 3 is 2.46 bits per heavy atom. The molecule has 0 radical (unpaired) electrons. The number of nitrogens with zero attached hydrogens (tertiary/aromatic N) is 1. The number of ether oxygens (including phenoxy) is 1. The summed E-state index contributed by atoms with van der Waals surface area (Å²) in [5, 5.41) is 30.8. The molecule has 0 spiro atoms. The first kappa shape index (κ1) is 17.7. The highest BCUT2D eigenvalue weighted by Crippen LogP contribution is 2.39. The Morgan fingerprint density at radius 2 is 1.82 bits per heavy atom. The lowest BCUT2D eigenvalue weighted by atomic mass is 9.92. The monoisotopic (exact) mass is 384 g/mol. The van der Waals surface area contributed by atoms with E-state index in [1.165, 1.54) is 12.1 Å². The van der Waals surface area contributed by atoms with E-state index in [0.717, 1.165) is 4.90 Å². The minimum absolute atomic E-state index is 0.00150. The van der Waals surface area contributed by atoms with E-state index >= 15 is 0 Å². The molecule has 0 saturated heterocycles. The zero-order valence-corrected chi connectivity index (χ0v) is 14.5. The van der Waals surface area contributed by atoms with Crippen LogP contribution < -0.4 is 10.1 Å². The van der Waals surface area contributed by atoms with Crippen molar-refractivity contribution in [3.63, 3.8) is 0 Å². The number of phenolic OH excluding ortho intramolecular Hbond substituents is 1. The summed E-state index contributed by atoms with van der Waals surface area (Å²) in [5.74, 6) is -1.18. The molecule has 9 nitrogen and oxygen atoms in total. The van der Waals surface area contributed by atoms with Gasteiger partial charge in [-0.25, -0.2) is 9.59 Å². The van der Waals surface area contributed by atoms with E-state index < -0.39 is 30.1 Å². The van der Waals surface area contributed by atoms with Gasteiger partial charge in [0, 0.05) is 12.0 Å². The van der Waals surface area contributed by atoms with Crippen molar-refractivity contribution < 1.29 is 34.4 Å². The molecular weight excluding hydrogens is 368 g/mol. The first-order valence-electron chi connectivity index (χ1n) is 8.48. The molecule has 4 rings (SSSR count). The van der Waals surface area contributed by atoms with Crippen LogP contribution in [-0.2, 0) is 22.6 Å². The Kier molecular flexibility index (Phi) is 4.07. The lowest BCUT2D eigenvalue weighted by Crippen LogP contribution is -2.48. The van der Waals surface area contributed by atoms with E-state index in [1.807, 2.05) is 0 Å². The van der Waals surface area contributed by atoms with Crippen LogP contribution >= 0.6 is 0 Å². The van der Waals surface area contributed by atoms with E-state index in [9.17, 15) is 29.7 Å². The molecule has 0 aliphatic carbocycles. The number of amides is 2. The fraction of sp³-hybridized carbons (Fsp3) is 0.211. The smallest absolute Gasteiger partial charge is 0.408 e. The van der Waals surface area contributed by atoms with Gasteiger partial charge in [-0.1, -0.05) is 12.1 Å². The Balaban J connectivity index is 1.68. The third-order valence-electron chi connectivity index (χ3n) is 4.90.